The van der Waals surface area contributed by atoms with E-state index in [1.165, 1.54) is 24.3 Å². The molecule has 0 atom stereocenters. The van der Waals surface area contributed by atoms with E-state index in [0.29, 0.717) is 31.2 Å². The number of aliphatic hydroxyl groups excluding tert-OH is 1. The Kier molecular flexibility index (Phi) is 5.17. The van der Waals surface area contributed by atoms with Gasteiger partial charge in [0.05, 0.1) is 11.0 Å². The molecule has 2 aromatic carbocycles. The molecule has 134 valence electrons. The van der Waals surface area contributed by atoms with Crippen molar-refractivity contribution in [2.75, 3.05) is 0 Å². The highest BCUT2D eigenvalue weighted by atomic mass is 32.2. The van der Waals surface area contributed by atoms with Gasteiger partial charge in [-0.2, -0.15) is 0 Å². The van der Waals surface area contributed by atoms with E-state index < -0.39 is 21.7 Å². The maximum atomic E-state index is 13.8. The first-order chi connectivity index (χ1) is 11.8. The largest absolute Gasteiger partial charge is 0.393 e. The van der Waals surface area contributed by atoms with Gasteiger partial charge < -0.3 is 5.11 Å². The van der Waals surface area contributed by atoms with E-state index in [1.807, 2.05) is 0 Å². The molecule has 7 heteroatoms. The number of hydrogen-bond donors (Lipinski definition) is 2. The Morgan fingerprint density at radius 3 is 2.24 bits per heavy atom. The van der Waals surface area contributed by atoms with Gasteiger partial charge in [0, 0.05) is 11.6 Å². The molecule has 0 aliphatic heterocycles. The summed E-state index contributed by atoms with van der Waals surface area (Å²) < 4.78 is 54.6. The summed E-state index contributed by atoms with van der Waals surface area (Å²) in [6, 6.07) is 8.60. The Labute approximate surface area is 145 Å². The van der Waals surface area contributed by atoms with Gasteiger partial charge in [0.1, 0.15) is 11.6 Å². The third-order valence-corrected chi connectivity index (χ3v) is 5.96. The van der Waals surface area contributed by atoms with Gasteiger partial charge in [0.2, 0.25) is 10.0 Å². The Balaban J connectivity index is 1.78. The van der Waals surface area contributed by atoms with E-state index in [9.17, 15) is 22.3 Å². The Bertz CT molecular complexity index is 845. The summed E-state index contributed by atoms with van der Waals surface area (Å²) in [5.41, 5.74) is 0.481. The average Bonchev–Trinajstić information content (AvgIpc) is 2.59. The second-order valence-electron chi connectivity index (χ2n) is 6.28. The fraction of sp³-hybridized carbons (Fsp3) is 0.333. The second kappa shape index (κ2) is 7.19. The number of hydrogen-bond acceptors (Lipinski definition) is 3. The number of aliphatic hydroxyl groups is 1. The van der Waals surface area contributed by atoms with Crippen LogP contribution in [0, 0.1) is 11.6 Å². The van der Waals surface area contributed by atoms with Gasteiger partial charge in [-0.1, -0.05) is 12.1 Å². The quantitative estimate of drug-likeness (QED) is 0.872. The van der Waals surface area contributed by atoms with Gasteiger partial charge in [-0.25, -0.2) is 21.9 Å². The van der Waals surface area contributed by atoms with Crippen LogP contribution in [0.1, 0.15) is 25.7 Å². The molecule has 3 rings (SSSR count). The van der Waals surface area contributed by atoms with Crippen LogP contribution in [0.5, 0.6) is 0 Å². The first-order valence-corrected chi connectivity index (χ1v) is 9.59. The second-order valence-corrected chi connectivity index (χ2v) is 7.99. The molecule has 0 unspecified atom stereocenters. The monoisotopic (exact) mass is 367 g/mol. The maximum absolute atomic E-state index is 13.8. The van der Waals surface area contributed by atoms with Crippen molar-refractivity contribution in [3.8, 4) is 11.1 Å². The number of nitrogens with one attached hydrogen (secondary N) is 1. The summed E-state index contributed by atoms with van der Waals surface area (Å²) in [6.45, 7) is 0. The lowest BCUT2D eigenvalue weighted by Gasteiger charge is -2.26. The standard InChI is InChI=1S/C18H19F2NO3S/c19-13-3-10-18(20)17(11-13)12-1-8-16(9-2-12)25(23,24)21-14-4-6-15(22)7-5-14/h1-3,8-11,14-15,21-22H,4-7H2. The van der Waals surface area contributed by atoms with E-state index in [2.05, 4.69) is 4.72 Å². The lowest BCUT2D eigenvalue weighted by molar-refractivity contribution is 0.120. The van der Waals surface area contributed by atoms with Gasteiger partial charge in [-0.15, -0.1) is 0 Å². The van der Waals surface area contributed by atoms with Crippen LogP contribution >= 0.6 is 0 Å². The molecule has 1 aliphatic rings. The lowest BCUT2D eigenvalue weighted by Crippen LogP contribution is -2.38. The van der Waals surface area contributed by atoms with Crippen LogP contribution in [-0.4, -0.2) is 25.7 Å². The molecule has 0 amide bonds. The topological polar surface area (TPSA) is 66.4 Å². The summed E-state index contributed by atoms with van der Waals surface area (Å²) >= 11 is 0. The van der Waals surface area contributed by atoms with Crippen LogP contribution in [0.25, 0.3) is 11.1 Å². The van der Waals surface area contributed by atoms with Gasteiger partial charge >= 0.3 is 0 Å². The van der Waals surface area contributed by atoms with Gasteiger partial charge in [0.25, 0.3) is 0 Å². The minimum Gasteiger partial charge on any atom is -0.393 e. The molecule has 25 heavy (non-hydrogen) atoms. The highest BCUT2D eigenvalue weighted by Gasteiger charge is 2.24. The van der Waals surface area contributed by atoms with Crippen molar-refractivity contribution in [1.29, 1.82) is 0 Å². The van der Waals surface area contributed by atoms with E-state index >= 15 is 0 Å². The number of sulfonamides is 1. The fourth-order valence-corrected chi connectivity index (χ4v) is 4.32. The van der Waals surface area contributed by atoms with Crippen LogP contribution in [0.15, 0.2) is 47.4 Å². The Morgan fingerprint density at radius 1 is 0.960 bits per heavy atom. The summed E-state index contributed by atoms with van der Waals surface area (Å²) in [5, 5.41) is 9.49. The number of benzene rings is 2. The molecule has 2 aromatic rings. The summed E-state index contributed by atoms with van der Waals surface area (Å²) in [5.74, 6) is -1.13. The summed E-state index contributed by atoms with van der Waals surface area (Å²) in [4.78, 5) is 0.0687. The zero-order chi connectivity index (χ0) is 18.0. The van der Waals surface area contributed by atoms with Crippen molar-refractivity contribution in [3.63, 3.8) is 0 Å². The third-order valence-electron chi connectivity index (χ3n) is 4.42. The van der Waals surface area contributed by atoms with Crippen molar-refractivity contribution < 1.29 is 22.3 Å². The van der Waals surface area contributed by atoms with Crippen molar-refractivity contribution in [2.45, 2.75) is 42.7 Å². The van der Waals surface area contributed by atoms with Crippen LogP contribution in [0.2, 0.25) is 0 Å². The minimum absolute atomic E-state index is 0.0687. The Hall–Kier alpha value is -1.83. The molecule has 0 saturated heterocycles. The predicted molar refractivity (Wildman–Crippen MR) is 90.4 cm³/mol. The highest BCUT2D eigenvalue weighted by molar-refractivity contribution is 7.89. The molecule has 4 nitrogen and oxygen atoms in total. The van der Waals surface area contributed by atoms with E-state index in [-0.39, 0.29) is 22.6 Å². The summed E-state index contributed by atoms with van der Waals surface area (Å²) in [6.07, 6.45) is 1.97. The normalized spacial score (nSPS) is 21.2. The van der Waals surface area contributed by atoms with E-state index in [4.69, 9.17) is 0 Å². The average molecular weight is 367 g/mol. The van der Waals surface area contributed by atoms with Crippen LogP contribution in [-0.2, 0) is 10.0 Å². The molecule has 0 aromatic heterocycles. The zero-order valence-corrected chi connectivity index (χ0v) is 14.3. The van der Waals surface area contributed by atoms with Gasteiger partial charge in [-0.05, 0) is 61.6 Å². The van der Waals surface area contributed by atoms with E-state index in [0.717, 1.165) is 18.2 Å². The zero-order valence-electron chi connectivity index (χ0n) is 13.5. The number of halogens is 2. The van der Waals surface area contributed by atoms with Gasteiger partial charge in [-0.3, -0.25) is 0 Å². The molecule has 0 radical (unpaired) electrons. The fourth-order valence-electron chi connectivity index (χ4n) is 3.01. The molecule has 0 bridgehead atoms. The lowest BCUT2D eigenvalue weighted by atomic mass is 9.94. The maximum Gasteiger partial charge on any atom is 0.240 e. The molecular formula is C18H19F2NO3S. The van der Waals surface area contributed by atoms with Gasteiger partial charge in [0.15, 0.2) is 0 Å². The number of rotatable bonds is 4. The third kappa shape index (κ3) is 4.23. The Morgan fingerprint density at radius 2 is 1.60 bits per heavy atom. The highest BCUT2D eigenvalue weighted by Crippen LogP contribution is 2.26. The minimum atomic E-state index is -3.69. The molecule has 2 N–H and O–H groups in total. The molecular weight excluding hydrogens is 348 g/mol. The summed E-state index contributed by atoms with van der Waals surface area (Å²) in [7, 11) is -3.69. The molecule has 1 aliphatic carbocycles. The predicted octanol–water partition coefficient (Wildman–Crippen LogP) is 3.21. The van der Waals surface area contributed by atoms with Crippen LogP contribution in [0.4, 0.5) is 8.78 Å². The van der Waals surface area contributed by atoms with E-state index in [1.54, 1.807) is 0 Å². The molecule has 1 saturated carbocycles. The first-order valence-electron chi connectivity index (χ1n) is 8.11. The van der Waals surface area contributed by atoms with Crippen molar-refractivity contribution >= 4 is 10.0 Å². The molecule has 1 fully saturated rings. The molecule has 0 heterocycles. The smallest absolute Gasteiger partial charge is 0.240 e. The molecule has 0 spiro atoms. The van der Waals surface area contributed by atoms with Crippen molar-refractivity contribution in [3.05, 3.63) is 54.1 Å². The first kappa shape index (κ1) is 18.0. The van der Waals surface area contributed by atoms with Crippen molar-refractivity contribution in [1.82, 2.24) is 4.72 Å². The SMILES string of the molecule is O=S(=O)(NC1CCC(O)CC1)c1ccc(-c2cc(F)ccc2F)cc1. The van der Waals surface area contributed by atoms with Crippen LogP contribution < -0.4 is 4.72 Å². The van der Waals surface area contributed by atoms with Crippen molar-refractivity contribution in [2.24, 2.45) is 0 Å². The van der Waals surface area contributed by atoms with Crippen LogP contribution in [0.3, 0.4) is 0 Å².